The van der Waals surface area contributed by atoms with Gasteiger partial charge in [0.15, 0.2) is 0 Å². The molecular weight excluding hydrogens is 142 g/mol. The van der Waals surface area contributed by atoms with E-state index in [9.17, 15) is 0 Å². The summed E-state index contributed by atoms with van der Waals surface area (Å²) in [5.41, 5.74) is 1.97. The highest BCUT2D eigenvalue weighted by molar-refractivity contribution is 6.40. The predicted molar refractivity (Wildman–Crippen MR) is 46.8 cm³/mol. The highest BCUT2D eigenvalue weighted by Crippen LogP contribution is 1.85. The Hall–Kier alpha value is -1.19. The summed E-state index contributed by atoms with van der Waals surface area (Å²) in [7, 11) is 0. The molecule has 0 aliphatic rings. The van der Waals surface area contributed by atoms with Gasteiger partial charge in [0.05, 0.1) is 11.4 Å². The molecule has 62 valence electrons. The fourth-order valence-electron chi connectivity index (χ4n) is 0.320. The second kappa shape index (κ2) is 4.60. The highest BCUT2D eigenvalue weighted by Gasteiger charge is 1.94. The van der Waals surface area contributed by atoms with Gasteiger partial charge in [-0.05, 0) is 27.7 Å². The summed E-state index contributed by atoms with van der Waals surface area (Å²) < 4.78 is 0. The van der Waals surface area contributed by atoms with Crippen LogP contribution in [0.2, 0.25) is 0 Å². The van der Waals surface area contributed by atoms with Crippen LogP contribution in [0.15, 0.2) is 15.4 Å². The normalized spacial score (nSPS) is 13.1. The molecule has 4 nitrogen and oxygen atoms in total. The zero-order valence-electron chi connectivity index (χ0n) is 7.29. The summed E-state index contributed by atoms with van der Waals surface area (Å²) in [6.07, 6.45) is 0. The second-order valence-corrected chi connectivity index (χ2v) is 2.42. The molecule has 1 N–H and O–H groups in total. The van der Waals surface area contributed by atoms with Crippen molar-refractivity contribution in [3.05, 3.63) is 0 Å². The van der Waals surface area contributed by atoms with Crippen LogP contribution < -0.4 is 0 Å². The molecule has 0 heterocycles. The number of rotatable bonds is 2. The molecule has 0 unspecified atom stereocenters. The van der Waals surface area contributed by atoms with Gasteiger partial charge in [0, 0.05) is 5.71 Å². The average molecular weight is 155 g/mol. The first-order valence-corrected chi connectivity index (χ1v) is 3.32. The van der Waals surface area contributed by atoms with Crippen molar-refractivity contribution in [2.75, 3.05) is 0 Å². The van der Waals surface area contributed by atoms with E-state index in [-0.39, 0.29) is 0 Å². The van der Waals surface area contributed by atoms with Crippen molar-refractivity contribution < 1.29 is 5.21 Å². The van der Waals surface area contributed by atoms with Crippen molar-refractivity contribution in [1.29, 1.82) is 0 Å². The van der Waals surface area contributed by atoms with Crippen molar-refractivity contribution in [1.82, 2.24) is 0 Å². The molecule has 0 amide bonds. The third-order valence-corrected chi connectivity index (χ3v) is 1.07. The Morgan fingerprint density at radius 1 is 0.909 bits per heavy atom. The highest BCUT2D eigenvalue weighted by atomic mass is 16.4. The Morgan fingerprint density at radius 3 is 1.82 bits per heavy atom. The minimum absolute atomic E-state index is 0.481. The standard InChI is InChI=1S/C7H13N3O/c1-5(2)8-9-6(3)7(4)10-11/h11H,1-4H3/b9-6-,10-7-. The van der Waals surface area contributed by atoms with Crippen LogP contribution in [0.1, 0.15) is 27.7 Å². The summed E-state index contributed by atoms with van der Waals surface area (Å²) >= 11 is 0. The van der Waals surface area contributed by atoms with Crippen LogP contribution in [-0.4, -0.2) is 22.3 Å². The molecule has 4 heteroatoms. The Bertz CT molecular complexity index is 212. The molecule has 0 spiro atoms. The van der Waals surface area contributed by atoms with E-state index in [1.807, 2.05) is 13.8 Å². The molecule has 0 rings (SSSR count). The van der Waals surface area contributed by atoms with Crippen LogP contribution in [0.25, 0.3) is 0 Å². The minimum Gasteiger partial charge on any atom is -0.411 e. The zero-order chi connectivity index (χ0) is 8.85. The molecule has 0 aromatic rings. The van der Waals surface area contributed by atoms with Gasteiger partial charge in [0.25, 0.3) is 0 Å². The molecule has 0 aromatic heterocycles. The lowest BCUT2D eigenvalue weighted by Crippen LogP contribution is -2.04. The van der Waals surface area contributed by atoms with Gasteiger partial charge >= 0.3 is 0 Å². The molecule has 0 fully saturated rings. The molecule has 0 atom stereocenters. The summed E-state index contributed by atoms with van der Waals surface area (Å²) in [6, 6.07) is 0. The molecule has 0 aromatic carbocycles. The summed E-state index contributed by atoms with van der Waals surface area (Å²) in [5, 5.41) is 18.9. The van der Waals surface area contributed by atoms with Crippen LogP contribution in [0, 0.1) is 0 Å². The SMILES string of the molecule is CC(C)=N/N=C(C)\C(C)=N/O. The number of oxime groups is 1. The first-order valence-electron chi connectivity index (χ1n) is 3.32. The molecular formula is C7H13N3O. The van der Waals surface area contributed by atoms with E-state index in [1.165, 1.54) is 0 Å². The van der Waals surface area contributed by atoms with Gasteiger partial charge in [0.2, 0.25) is 0 Å². The van der Waals surface area contributed by atoms with Crippen LogP contribution in [0.4, 0.5) is 0 Å². The van der Waals surface area contributed by atoms with Gasteiger partial charge in [-0.15, -0.1) is 0 Å². The third kappa shape index (κ3) is 4.25. The Labute approximate surface area is 66.3 Å². The lowest BCUT2D eigenvalue weighted by molar-refractivity contribution is 0.320. The third-order valence-electron chi connectivity index (χ3n) is 1.07. The van der Waals surface area contributed by atoms with Crippen molar-refractivity contribution >= 4 is 17.1 Å². The number of nitrogens with zero attached hydrogens (tertiary/aromatic N) is 3. The van der Waals surface area contributed by atoms with E-state index >= 15 is 0 Å². The van der Waals surface area contributed by atoms with E-state index in [0.717, 1.165) is 5.71 Å². The summed E-state index contributed by atoms with van der Waals surface area (Å²) in [4.78, 5) is 0. The van der Waals surface area contributed by atoms with E-state index in [1.54, 1.807) is 13.8 Å². The molecule has 0 saturated carbocycles. The topological polar surface area (TPSA) is 57.3 Å². The van der Waals surface area contributed by atoms with E-state index in [0.29, 0.717) is 11.4 Å². The first kappa shape index (κ1) is 9.81. The Balaban J connectivity index is 4.36. The van der Waals surface area contributed by atoms with Gasteiger partial charge in [-0.25, -0.2) is 0 Å². The lowest BCUT2D eigenvalue weighted by atomic mass is 10.3. The van der Waals surface area contributed by atoms with E-state index in [2.05, 4.69) is 15.4 Å². The monoisotopic (exact) mass is 155 g/mol. The van der Waals surface area contributed by atoms with Gasteiger partial charge in [0.1, 0.15) is 0 Å². The Kier molecular flexibility index (Phi) is 4.10. The average Bonchev–Trinajstić information content (AvgIpc) is 1.98. The van der Waals surface area contributed by atoms with Crippen molar-refractivity contribution in [2.24, 2.45) is 15.4 Å². The smallest absolute Gasteiger partial charge is 0.0994 e. The van der Waals surface area contributed by atoms with Gasteiger partial charge in [-0.2, -0.15) is 10.2 Å². The van der Waals surface area contributed by atoms with Gasteiger partial charge in [-0.1, -0.05) is 5.16 Å². The molecule has 0 aliphatic carbocycles. The van der Waals surface area contributed by atoms with Gasteiger partial charge < -0.3 is 5.21 Å². The maximum atomic E-state index is 8.33. The quantitative estimate of drug-likeness (QED) is 0.368. The van der Waals surface area contributed by atoms with E-state index < -0.39 is 0 Å². The van der Waals surface area contributed by atoms with Crippen LogP contribution in [0.3, 0.4) is 0 Å². The zero-order valence-corrected chi connectivity index (χ0v) is 7.29. The maximum absolute atomic E-state index is 8.33. The van der Waals surface area contributed by atoms with Crippen LogP contribution in [-0.2, 0) is 0 Å². The second-order valence-electron chi connectivity index (χ2n) is 2.42. The molecule has 0 aliphatic heterocycles. The lowest BCUT2D eigenvalue weighted by Gasteiger charge is -1.92. The largest absolute Gasteiger partial charge is 0.411 e. The van der Waals surface area contributed by atoms with Crippen molar-refractivity contribution in [3.63, 3.8) is 0 Å². The van der Waals surface area contributed by atoms with E-state index in [4.69, 9.17) is 5.21 Å². The summed E-state index contributed by atoms with van der Waals surface area (Å²) in [6.45, 7) is 7.10. The molecule has 0 saturated heterocycles. The summed E-state index contributed by atoms with van der Waals surface area (Å²) in [5.74, 6) is 0. The minimum atomic E-state index is 0.481. The number of hydrogen-bond donors (Lipinski definition) is 1. The predicted octanol–water partition coefficient (Wildman–Crippen LogP) is 1.69. The van der Waals surface area contributed by atoms with Crippen molar-refractivity contribution in [3.8, 4) is 0 Å². The first-order chi connectivity index (χ1) is 5.07. The van der Waals surface area contributed by atoms with Crippen LogP contribution >= 0.6 is 0 Å². The van der Waals surface area contributed by atoms with Crippen molar-refractivity contribution in [2.45, 2.75) is 27.7 Å². The fraction of sp³-hybridized carbons (Fsp3) is 0.571. The molecule has 0 bridgehead atoms. The molecule has 0 radical (unpaired) electrons. The number of hydrogen-bond acceptors (Lipinski definition) is 4. The van der Waals surface area contributed by atoms with Gasteiger partial charge in [-0.3, -0.25) is 0 Å². The van der Waals surface area contributed by atoms with Crippen LogP contribution in [0.5, 0.6) is 0 Å². The Morgan fingerprint density at radius 2 is 1.45 bits per heavy atom. The fourth-order valence-corrected chi connectivity index (χ4v) is 0.320. The molecule has 11 heavy (non-hydrogen) atoms. The maximum Gasteiger partial charge on any atom is 0.0994 e.